The van der Waals surface area contributed by atoms with Crippen molar-refractivity contribution in [1.82, 2.24) is 19.7 Å². The van der Waals surface area contributed by atoms with E-state index < -0.39 is 35.1 Å². The van der Waals surface area contributed by atoms with E-state index in [2.05, 4.69) is 15.4 Å². The van der Waals surface area contributed by atoms with Gasteiger partial charge in [0.2, 0.25) is 0 Å². The topological polar surface area (TPSA) is 89.1 Å². The first-order valence-electron chi connectivity index (χ1n) is 11.3. The van der Waals surface area contributed by atoms with Crippen molar-refractivity contribution >= 4 is 29.0 Å². The Bertz CT molecular complexity index is 1370. The number of hydrogen-bond acceptors (Lipinski definition) is 5. The number of carbonyl (C=O) groups excluding carboxylic acids is 1. The van der Waals surface area contributed by atoms with Crippen LogP contribution in [0.15, 0.2) is 30.6 Å². The molecule has 0 saturated heterocycles. The predicted molar refractivity (Wildman–Crippen MR) is 127 cm³/mol. The van der Waals surface area contributed by atoms with E-state index in [9.17, 15) is 18.0 Å². The van der Waals surface area contributed by atoms with E-state index in [1.807, 2.05) is 0 Å². The fourth-order valence-electron chi connectivity index (χ4n) is 5.40. The fourth-order valence-corrected chi connectivity index (χ4v) is 5.84. The SMILES string of the molecule is CN(C)C(=O)c1c(N)ccc(-c2cnc3c(c2Cl)[C@@]2(CC[C@H](n4nccc4C(F)(F)F)C2)CN3)c1F. The number of halogens is 5. The number of nitrogens with zero attached hydrogens (tertiary/aromatic N) is 4. The van der Waals surface area contributed by atoms with Gasteiger partial charge in [0, 0.05) is 60.8 Å². The van der Waals surface area contributed by atoms with Crippen LogP contribution in [0.2, 0.25) is 5.02 Å². The third-order valence-electron chi connectivity index (χ3n) is 7.11. The number of fused-ring (bicyclic) bond motifs is 2. The summed E-state index contributed by atoms with van der Waals surface area (Å²) in [6.07, 6.45) is -0.570. The Hall–Kier alpha value is -3.34. The summed E-state index contributed by atoms with van der Waals surface area (Å²) in [6.45, 7) is 0.437. The van der Waals surface area contributed by atoms with Crippen molar-refractivity contribution in [2.45, 2.75) is 36.9 Å². The monoisotopic (exact) mass is 522 g/mol. The number of pyridine rings is 1. The minimum Gasteiger partial charge on any atom is -0.398 e. The molecule has 0 bridgehead atoms. The number of aromatic nitrogens is 3. The summed E-state index contributed by atoms with van der Waals surface area (Å²) in [5.74, 6) is -0.886. The van der Waals surface area contributed by atoms with Gasteiger partial charge < -0.3 is 16.0 Å². The molecule has 1 amide bonds. The molecule has 3 N–H and O–H groups in total. The summed E-state index contributed by atoms with van der Waals surface area (Å²) in [6, 6.07) is 3.36. The Kier molecular flexibility index (Phi) is 5.66. The number of carbonyl (C=O) groups is 1. The molecule has 7 nitrogen and oxygen atoms in total. The van der Waals surface area contributed by atoms with Crippen molar-refractivity contribution in [1.29, 1.82) is 0 Å². The number of nitrogens with one attached hydrogen (secondary N) is 1. The van der Waals surface area contributed by atoms with E-state index >= 15 is 4.39 Å². The van der Waals surface area contributed by atoms with Crippen molar-refractivity contribution in [2.24, 2.45) is 0 Å². The molecule has 2 aromatic heterocycles. The van der Waals surface area contributed by atoms with Gasteiger partial charge in [-0.05, 0) is 37.5 Å². The molecule has 0 unspecified atom stereocenters. The Morgan fingerprint density at radius 3 is 2.72 bits per heavy atom. The second kappa shape index (κ2) is 8.36. The van der Waals surface area contributed by atoms with E-state index in [1.165, 1.54) is 37.3 Å². The van der Waals surface area contributed by atoms with E-state index in [0.29, 0.717) is 37.2 Å². The Labute approximate surface area is 209 Å². The van der Waals surface area contributed by atoms with Gasteiger partial charge in [-0.3, -0.25) is 9.48 Å². The lowest BCUT2D eigenvalue weighted by Crippen LogP contribution is -2.27. The quantitative estimate of drug-likeness (QED) is 0.368. The number of hydrogen-bond donors (Lipinski definition) is 2. The third kappa shape index (κ3) is 3.68. The molecule has 190 valence electrons. The largest absolute Gasteiger partial charge is 0.433 e. The molecule has 2 aliphatic rings. The number of benzene rings is 1. The van der Waals surface area contributed by atoms with Gasteiger partial charge in [-0.15, -0.1) is 0 Å². The summed E-state index contributed by atoms with van der Waals surface area (Å²) in [4.78, 5) is 18.2. The molecule has 1 saturated carbocycles. The molecule has 12 heteroatoms. The summed E-state index contributed by atoms with van der Waals surface area (Å²) < 4.78 is 57.1. The van der Waals surface area contributed by atoms with E-state index in [-0.39, 0.29) is 27.4 Å². The zero-order valence-corrected chi connectivity index (χ0v) is 20.2. The summed E-state index contributed by atoms with van der Waals surface area (Å²) in [5.41, 5.74) is 5.23. The lowest BCUT2D eigenvalue weighted by atomic mass is 9.80. The maximum atomic E-state index is 15.6. The second-order valence-corrected chi connectivity index (χ2v) is 9.87. The van der Waals surface area contributed by atoms with Crippen LogP contribution in [0.3, 0.4) is 0 Å². The van der Waals surface area contributed by atoms with Crippen LogP contribution in [0.5, 0.6) is 0 Å². The number of anilines is 2. The van der Waals surface area contributed by atoms with Gasteiger partial charge in [0.25, 0.3) is 5.91 Å². The molecule has 5 rings (SSSR count). The van der Waals surface area contributed by atoms with Gasteiger partial charge in [0.05, 0.1) is 16.6 Å². The molecule has 1 aromatic carbocycles. The minimum atomic E-state index is -4.52. The molecule has 2 atom stereocenters. The zero-order chi connectivity index (χ0) is 26.0. The summed E-state index contributed by atoms with van der Waals surface area (Å²) >= 11 is 6.87. The molecule has 1 aliphatic heterocycles. The Morgan fingerprint density at radius 1 is 1.28 bits per heavy atom. The van der Waals surface area contributed by atoms with Gasteiger partial charge in [0.15, 0.2) is 0 Å². The molecule has 36 heavy (non-hydrogen) atoms. The number of amides is 1. The Balaban J connectivity index is 1.57. The van der Waals surface area contributed by atoms with Crippen LogP contribution in [0, 0.1) is 5.82 Å². The normalized spacial score (nSPS) is 21.0. The van der Waals surface area contributed by atoms with Crippen LogP contribution in [0.4, 0.5) is 29.1 Å². The van der Waals surface area contributed by atoms with Crippen LogP contribution < -0.4 is 11.1 Å². The fraction of sp³-hybridized carbons (Fsp3) is 0.375. The highest BCUT2D eigenvalue weighted by molar-refractivity contribution is 6.34. The highest BCUT2D eigenvalue weighted by atomic mass is 35.5. The van der Waals surface area contributed by atoms with E-state index in [1.54, 1.807) is 0 Å². The summed E-state index contributed by atoms with van der Waals surface area (Å²) in [7, 11) is 2.99. The first-order valence-corrected chi connectivity index (χ1v) is 11.7. The van der Waals surface area contributed by atoms with Crippen LogP contribution in [-0.4, -0.2) is 46.2 Å². The first-order chi connectivity index (χ1) is 16.9. The molecule has 3 aromatic rings. The molecular weight excluding hydrogens is 500 g/mol. The van der Waals surface area contributed by atoms with Gasteiger partial charge in [-0.25, -0.2) is 9.37 Å². The zero-order valence-electron chi connectivity index (χ0n) is 19.5. The van der Waals surface area contributed by atoms with Gasteiger partial charge >= 0.3 is 6.18 Å². The van der Waals surface area contributed by atoms with E-state index in [4.69, 9.17) is 17.3 Å². The molecule has 1 fully saturated rings. The van der Waals surface area contributed by atoms with E-state index in [0.717, 1.165) is 16.9 Å². The predicted octanol–water partition coefficient (Wildman–Crippen LogP) is 5.13. The van der Waals surface area contributed by atoms with Crippen molar-refractivity contribution < 1.29 is 22.4 Å². The van der Waals surface area contributed by atoms with Crippen molar-refractivity contribution in [3.05, 3.63) is 58.3 Å². The number of rotatable bonds is 3. The molecule has 3 heterocycles. The molecule has 1 spiro atoms. The standard InChI is InChI=1S/C24H23ClF4N6O/c1-34(2)22(36)17-15(30)4-3-13(20(17)26)14-10-31-21-18(19(14)25)23(11-32-21)7-5-12(9-23)35-16(6-8-33-35)24(27,28)29/h3-4,6,8,10,12H,5,7,9,11,30H2,1-2H3,(H,31,32)/t12-,23+/m0/s1. The van der Waals surface area contributed by atoms with Crippen molar-refractivity contribution in [3.63, 3.8) is 0 Å². The number of nitrogens with two attached hydrogens (primary N) is 1. The second-order valence-electron chi connectivity index (χ2n) is 9.49. The van der Waals surface area contributed by atoms with Crippen LogP contribution in [0.1, 0.15) is 46.9 Å². The van der Waals surface area contributed by atoms with Gasteiger partial charge in [0.1, 0.15) is 17.3 Å². The average molecular weight is 523 g/mol. The molecular formula is C24H23ClF4N6O. The maximum Gasteiger partial charge on any atom is 0.433 e. The first kappa shape index (κ1) is 24.4. The lowest BCUT2D eigenvalue weighted by Gasteiger charge is -2.26. The number of alkyl halides is 3. The highest BCUT2D eigenvalue weighted by Gasteiger charge is 2.49. The molecule has 0 radical (unpaired) electrons. The van der Waals surface area contributed by atoms with Crippen LogP contribution in [0.25, 0.3) is 11.1 Å². The lowest BCUT2D eigenvalue weighted by molar-refractivity contribution is -0.145. The van der Waals surface area contributed by atoms with Crippen molar-refractivity contribution in [3.8, 4) is 11.1 Å². The summed E-state index contributed by atoms with van der Waals surface area (Å²) in [5, 5.41) is 7.41. The average Bonchev–Trinajstić information content (AvgIpc) is 3.54. The molecule has 1 aliphatic carbocycles. The van der Waals surface area contributed by atoms with Gasteiger partial charge in [-0.2, -0.15) is 18.3 Å². The Morgan fingerprint density at radius 2 is 2.03 bits per heavy atom. The smallest absolute Gasteiger partial charge is 0.398 e. The number of nitrogen functional groups attached to an aromatic ring is 1. The van der Waals surface area contributed by atoms with Gasteiger partial charge in [-0.1, -0.05) is 11.6 Å². The third-order valence-corrected chi connectivity index (χ3v) is 7.51. The van der Waals surface area contributed by atoms with Crippen molar-refractivity contribution in [2.75, 3.05) is 31.7 Å². The highest BCUT2D eigenvalue weighted by Crippen LogP contribution is 2.55. The van der Waals surface area contributed by atoms with Crippen LogP contribution in [-0.2, 0) is 11.6 Å². The van der Waals surface area contributed by atoms with Crippen LogP contribution >= 0.6 is 11.6 Å². The minimum absolute atomic E-state index is 0.00310. The maximum absolute atomic E-state index is 15.6.